The number of nitrogens with zero attached hydrogens (tertiary/aromatic N) is 3. The molecule has 0 amide bonds. The fourth-order valence-electron chi connectivity index (χ4n) is 5.21. The summed E-state index contributed by atoms with van der Waals surface area (Å²) < 4.78 is 36.4. The van der Waals surface area contributed by atoms with Crippen LogP contribution in [-0.4, -0.2) is 48.7 Å². The highest BCUT2D eigenvalue weighted by atomic mass is 32.2. The normalized spacial score (nSPS) is 11.5. The Morgan fingerprint density at radius 2 is 1.77 bits per heavy atom. The molecule has 0 fully saturated rings. The van der Waals surface area contributed by atoms with Gasteiger partial charge in [-0.05, 0) is 43.2 Å². The number of amidine groups is 1. The van der Waals surface area contributed by atoms with Crippen LogP contribution in [0.2, 0.25) is 0 Å². The van der Waals surface area contributed by atoms with E-state index in [4.69, 9.17) is 15.9 Å². The molecule has 0 saturated heterocycles. The predicted octanol–water partition coefficient (Wildman–Crippen LogP) is 4.97. The summed E-state index contributed by atoms with van der Waals surface area (Å²) in [6.07, 6.45) is 3.94. The van der Waals surface area contributed by atoms with Gasteiger partial charge in [0.15, 0.2) is 5.78 Å². The Labute approximate surface area is 255 Å². The highest BCUT2D eigenvalue weighted by Crippen LogP contribution is 2.32. The molecule has 5 rings (SSSR count). The number of pyridine rings is 1. The van der Waals surface area contributed by atoms with Crippen molar-refractivity contribution in [3.05, 3.63) is 102 Å². The number of hydrogen-bond donors (Lipinski definition) is 2. The van der Waals surface area contributed by atoms with Crippen molar-refractivity contribution in [3.8, 4) is 0 Å². The summed E-state index contributed by atoms with van der Waals surface area (Å²) in [5.41, 5.74) is 9.00. The molecule has 0 radical (unpaired) electrons. The van der Waals surface area contributed by atoms with E-state index < -0.39 is 16.0 Å². The second-order valence-corrected chi connectivity index (χ2v) is 12.2. The van der Waals surface area contributed by atoms with E-state index in [1.807, 2.05) is 12.1 Å². The number of ketones is 1. The summed E-state index contributed by atoms with van der Waals surface area (Å²) in [5.74, 6) is -0.566. The molecular formula is C33H33N5O5S. The number of aryl methyl sites for hydroxylation is 2. The minimum absolute atomic E-state index is 0.0104. The van der Waals surface area contributed by atoms with E-state index in [-0.39, 0.29) is 42.5 Å². The number of benzene rings is 3. The number of hydrogen-bond acceptors (Lipinski definition) is 7. The van der Waals surface area contributed by atoms with Crippen LogP contribution < -0.4 is 10.0 Å². The second-order valence-electron chi connectivity index (χ2n) is 10.4. The van der Waals surface area contributed by atoms with Gasteiger partial charge in [0.25, 0.3) is 10.0 Å². The number of nitrogens with two attached hydrogens (primary N) is 1. The molecule has 0 aliphatic rings. The van der Waals surface area contributed by atoms with Gasteiger partial charge in [-0.15, -0.1) is 0 Å². The third-order valence-electron chi connectivity index (χ3n) is 7.46. The average Bonchev–Trinajstić information content (AvgIpc) is 3.35. The summed E-state index contributed by atoms with van der Waals surface area (Å²) in [6.45, 7) is 1.74. The van der Waals surface area contributed by atoms with Crippen molar-refractivity contribution in [1.29, 1.82) is 5.41 Å². The first-order valence-corrected chi connectivity index (χ1v) is 15.6. The molecule has 0 saturated carbocycles. The molecule has 44 heavy (non-hydrogen) atoms. The molecule has 0 spiro atoms. The van der Waals surface area contributed by atoms with E-state index in [9.17, 15) is 18.0 Å². The second kappa shape index (κ2) is 12.7. The zero-order chi connectivity index (χ0) is 31.4. The molecule has 2 aromatic heterocycles. The fourth-order valence-corrected chi connectivity index (χ4v) is 6.84. The topological polar surface area (TPSA) is 148 Å². The third-order valence-corrected chi connectivity index (χ3v) is 9.32. The Kier molecular flexibility index (Phi) is 8.77. The minimum Gasteiger partial charge on any atom is -0.466 e. The standard InChI is InChI=1S/C33H33N5O5S/c1-3-43-31(40)17-19-38(44(41,42)30-8-4-6-23-7-5-18-36-32(23)30)25-14-15-26-27(21-37(2)28(26)20-25)29(39)16-11-22-9-12-24(13-10-22)33(34)35/h4-10,12-15,18,20-21H,3,11,16-17,19H2,1-2H3,(H3,34,35). The lowest BCUT2D eigenvalue weighted by Crippen LogP contribution is -2.33. The number of esters is 1. The van der Waals surface area contributed by atoms with Crippen molar-refractivity contribution >= 4 is 55.1 Å². The average molecular weight is 612 g/mol. The van der Waals surface area contributed by atoms with Crippen molar-refractivity contribution in [2.45, 2.75) is 31.1 Å². The minimum atomic E-state index is -4.16. The van der Waals surface area contributed by atoms with Gasteiger partial charge in [0.2, 0.25) is 0 Å². The van der Waals surface area contributed by atoms with E-state index in [2.05, 4.69) is 4.98 Å². The van der Waals surface area contributed by atoms with Gasteiger partial charge >= 0.3 is 5.97 Å². The first kappa shape index (κ1) is 30.4. The molecule has 0 atom stereocenters. The van der Waals surface area contributed by atoms with Crippen LogP contribution in [0.3, 0.4) is 0 Å². The molecule has 5 aromatic rings. The Morgan fingerprint density at radius 3 is 2.50 bits per heavy atom. The number of nitrogens with one attached hydrogen (secondary N) is 1. The van der Waals surface area contributed by atoms with Gasteiger partial charge in [-0.1, -0.05) is 48.5 Å². The van der Waals surface area contributed by atoms with E-state index in [1.54, 1.807) is 85.5 Å². The quantitative estimate of drug-likeness (QED) is 0.0875. The molecule has 0 aliphatic heterocycles. The Balaban J connectivity index is 1.48. The maximum Gasteiger partial charge on any atom is 0.307 e. The number of sulfonamides is 1. The smallest absolute Gasteiger partial charge is 0.307 e. The maximum absolute atomic E-state index is 14.2. The van der Waals surface area contributed by atoms with Crippen LogP contribution in [0.25, 0.3) is 21.8 Å². The molecule has 11 heteroatoms. The fraction of sp³-hybridized carbons (Fsp3) is 0.212. The van der Waals surface area contributed by atoms with Crippen LogP contribution in [0.5, 0.6) is 0 Å². The van der Waals surface area contributed by atoms with Crippen molar-refractivity contribution in [2.24, 2.45) is 12.8 Å². The lowest BCUT2D eigenvalue weighted by Gasteiger charge is -2.25. The molecule has 0 aliphatic carbocycles. The van der Waals surface area contributed by atoms with Crippen LogP contribution in [0.15, 0.2) is 90.1 Å². The summed E-state index contributed by atoms with van der Waals surface area (Å²) >= 11 is 0. The molecule has 0 unspecified atom stereocenters. The molecule has 3 N–H and O–H groups in total. The monoisotopic (exact) mass is 611 g/mol. The van der Waals surface area contributed by atoms with Gasteiger partial charge in [-0.3, -0.25) is 24.3 Å². The number of para-hydroxylation sites is 1. The zero-order valence-electron chi connectivity index (χ0n) is 24.5. The van der Waals surface area contributed by atoms with Crippen LogP contribution in [0, 0.1) is 5.41 Å². The number of anilines is 1. The van der Waals surface area contributed by atoms with E-state index >= 15 is 0 Å². The number of carbonyl (C=O) groups is 2. The third kappa shape index (κ3) is 6.18. The van der Waals surface area contributed by atoms with Crippen molar-refractivity contribution < 1.29 is 22.7 Å². The number of Topliss-reactive ketones (excluding diaryl/α,β-unsaturated/α-hetero) is 1. The van der Waals surface area contributed by atoms with Crippen LogP contribution in [0.1, 0.15) is 41.3 Å². The van der Waals surface area contributed by atoms with Gasteiger partial charge < -0.3 is 15.0 Å². The number of aromatic nitrogens is 2. The summed E-state index contributed by atoms with van der Waals surface area (Å²) in [6, 6.07) is 20.8. The first-order chi connectivity index (χ1) is 21.1. The van der Waals surface area contributed by atoms with Crippen LogP contribution >= 0.6 is 0 Å². The van der Waals surface area contributed by atoms with E-state index in [1.165, 1.54) is 10.4 Å². The van der Waals surface area contributed by atoms with E-state index in [0.29, 0.717) is 45.0 Å². The van der Waals surface area contributed by atoms with Crippen molar-refractivity contribution in [3.63, 3.8) is 0 Å². The molecule has 2 heterocycles. The summed E-state index contributed by atoms with van der Waals surface area (Å²) in [7, 11) is -2.36. The number of rotatable bonds is 12. The van der Waals surface area contributed by atoms with Crippen LogP contribution in [0.4, 0.5) is 5.69 Å². The predicted molar refractivity (Wildman–Crippen MR) is 171 cm³/mol. The van der Waals surface area contributed by atoms with Crippen molar-refractivity contribution in [2.75, 3.05) is 17.5 Å². The number of nitrogen functional groups attached to an aromatic ring is 1. The Morgan fingerprint density at radius 1 is 1.02 bits per heavy atom. The van der Waals surface area contributed by atoms with Gasteiger partial charge in [-0.25, -0.2) is 8.42 Å². The molecule has 10 nitrogen and oxygen atoms in total. The van der Waals surface area contributed by atoms with Gasteiger partial charge in [0, 0.05) is 54.3 Å². The van der Waals surface area contributed by atoms with Gasteiger partial charge in [0.05, 0.1) is 29.7 Å². The van der Waals surface area contributed by atoms with Gasteiger partial charge in [0.1, 0.15) is 10.7 Å². The maximum atomic E-state index is 14.2. The molecule has 3 aromatic carbocycles. The zero-order valence-corrected chi connectivity index (χ0v) is 25.3. The Bertz CT molecular complexity index is 1980. The Hall–Kier alpha value is -5.03. The number of fused-ring (bicyclic) bond motifs is 2. The number of carbonyl (C=O) groups excluding carboxylic acids is 2. The summed E-state index contributed by atoms with van der Waals surface area (Å²) in [5, 5.41) is 8.91. The van der Waals surface area contributed by atoms with Crippen LogP contribution in [-0.2, 0) is 33.0 Å². The molecule has 226 valence electrons. The van der Waals surface area contributed by atoms with Crippen molar-refractivity contribution in [1.82, 2.24) is 9.55 Å². The van der Waals surface area contributed by atoms with E-state index in [0.717, 1.165) is 5.56 Å². The first-order valence-electron chi connectivity index (χ1n) is 14.2. The lowest BCUT2D eigenvalue weighted by atomic mass is 10.0. The van der Waals surface area contributed by atoms with Gasteiger partial charge in [-0.2, -0.15) is 0 Å². The molecule has 0 bridgehead atoms. The number of ether oxygens (including phenoxy) is 1. The molecular weight excluding hydrogens is 578 g/mol. The highest BCUT2D eigenvalue weighted by molar-refractivity contribution is 7.93. The largest absolute Gasteiger partial charge is 0.466 e. The summed E-state index contributed by atoms with van der Waals surface area (Å²) in [4.78, 5) is 30.0. The SMILES string of the molecule is CCOC(=O)CCN(c1ccc2c(C(=O)CCc3ccc(C(=N)N)cc3)cn(C)c2c1)S(=O)(=O)c1cccc2cccnc12. The lowest BCUT2D eigenvalue weighted by molar-refractivity contribution is -0.142. The highest BCUT2D eigenvalue weighted by Gasteiger charge is 2.29.